The summed E-state index contributed by atoms with van der Waals surface area (Å²) < 4.78 is 5.32. The Morgan fingerprint density at radius 2 is 2.08 bits per heavy atom. The molecule has 0 spiro atoms. The third-order valence-corrected chi connectivity index (χ3v) is 5.35. The molecule has 132 valence electrons. The van der Waals surface area contributed by atoms with Gasteiger partial charge in [-0.1, -0.05) is 6.07 Å². The number of rotatable bonds is 5. The van der Waals surface area contributed by atoms with Gasteiger partial charge in [0.2, 0.25) is 5.91 Å². The lowest BCUT2D eigenvalue weighted by Crippen LogP contribution is -2.49. The first-order valence-corrected chi connectivity index (χ1v) is 8.99. The van der Waals surface area contributed by atoms with Crippen molar-refractivity contribution in [1.29, 1.82) is 0 Å². The van der Waals surface area contributed by atoms with Crippen LogP contribution in [0, 0.1) is 0 Å². The highest BCUT2D eigenvalue weighted by Gasteiger charge is 2.27. The summed E-state index contributed by atoms with van der Waals surface area (Å²) in [6.45, 7) is 4.19. The van der Waals surface area contributed by atoms with Crippen LogP contribution >= 0.6 is 0 Å². The summed E-state index contributed by atoms with van der Waals surface area (Å²) in [4.78, 5) is 16.9. The number of carbonyl (C=O) groups excluding carboxylic acids is 1. The molecule has 0 bridgehead atoms. The molecular formula is C19H28N2O3. The van der Waals surface area contributed by atoms with E-state index in [-0.39, 0.29) is 12.5 Å². The van der Waals surface area contributed by atoms with Crippen LogP contribution in [0.25, 0.3) is 0 Å². The number of hydrogen-bond donors (Lipinski definition) is 1. The minimum Gasteiger partial charge on any atom is -0.497 e. The van der Waals surface area contributed by atoms with E-state index in [1.165, 1.54) is 11.1 Å². The third-order valence-electron chi connectivity index (χ3n) is 5.35. The quantitative estimate of drug-likeness (QED) is 0.891. The molecule has 1 aliphatic heterocycles. The maximum absolute atomic E-state index is 12.7. The lowest BCUT2D eigenvalue weighted by Gasteiger charge is -2.35. The number of aliphatic hydroxyl groups excluding tert-OH is 1. The molecule has 1 N–H and O–H groups in total. The van der Waals surface area contributed by atoms with Crippen LogP contribution in [0.2, 0.25) is 0 Å². The molecule has 2 aliphatic rings. The number of methoxy groups -OCH3 is 1. The van der Waals surface area contributed by atoms with Crippen molar-refractivity contribution in [1.82, 2.24) is 9.80 Å². The van der Waals surface area contributed by atoms with E-state index in [1.54, 1.807) is 7.11 Å². The molecule has 1 fully saturated rings. The van der Waals surface area contributed by atoms with Gasteiger partial charge in [-0.05, 0) is 48.4 Å². The highest BCUT2D eigenvalue weighted by molar-refractivity contribution is 5.77. The second-order valence-electron chi connectivity index (χ2n) is 6.80. The van der Waals surface area contributed by atoms with Gasteiger partial charge in [0.25, 0.3) is 0 Å². The Balaban J connectivity index is 1.60. The maximum Gasteiger partial charge on any atom is 0.223 e. The Hall–Kier alpha value is -1.59. The molecule has 0 radical (unpaired) electrons. The maximum atomic E-state index is 12.7. The van der Waals surface area contributed by atoms with Crippen LogP contribution in [0.15, 0.2) is 18.2 Å². The number of fused-ring (bicyclic) bond motifs is 1. The minimum absolute atomic E-state index is 0.191. The van der Waals surface area contributed by atoms with Gasteiger partial charge in [0, 0.05) is 39.1 Å². The normalized spacial score (nSPS) is 21.4. The lowest BCUT2D eigenvalue weighted by atomic mass is 9.80. The van der Waals surface area contributed by atoms with E-state index in [0.717, 1.165) is 51.2 Å². The van der Waals surface area contributed by atoms with Crippen LogP contribution in [0.4, 0.5) is 0 Å². The number of hydrogen-bond acceptors (Lipinski definition) is 4. The van der Waals surface area contributed by atoms with Crippen molar-refractivity contribution in [3.63, 3.8) is 0 Å². The number of carbonyl (C=O) groups is 1. The fourth-order valence-electron chi connectivity index (χ4n) is 3.93. The molecule has 5 heteroatoms. The van der Waals surface area contributed by atoms with Crippen LogP contribution in [0.3, 0.4) is 0 Å². The van der Waals surface area contributed by atoms with E-state index < -0.39 is 0 Å². The van der Waals surface area contributed by atoms with Crippen LogP contribution < -0.4 is 4.74 Å². The van der Waals surface area contributed by atoms with Crippen LogP contribution in [-0.2, 0) is 11.2 Å². The zero-order valence-corrected chi connectivity index (χ0v) is 14.5. The summed E-state index contributed by atoms with van der Waals surface area (Å²) >= 11 is 0. The molecule has 3 rings (SSSR count). The molecule has 0 aromatic heterocycles. The molecule has 1 heterocycles. The summed E-state index contributed by atoms with van der Waals surface area (Å²) in [6, 6.07) is 6.28. The van der Waals surface area contributed by atoms with Crippen molar-refractivity contribution in [2.45, 2.75) is 31.6 Å². The number of amides is 1. The Bertz CT molecular complexity index is 568. The number of β-amino-alcohol motifs (C(OH)–C–C–N with tert-alkyl or cyclic N) is 1. The van der Waals surface area contributed by atoms with Crippen LogP contribution in [-0.4, -0.2) is 67.3 Å². The second kappa shape index (κ2) is 7.99. The summed E-state index contributed by atoms with van der Waals surface area (Å²) in [5.74, 6) is 1.51. The third kappa shape index (κ3) is 3.90. The highest BCUT2D eigenvalue weighted by atomic mass is 16.5. The van der Waals surface area contributed by atoms with Gasteiger partial charge in [-0.25, -0.2) is 0 Å². The molecule has 1 atom stereocenters. The summed E-state index contributed by atoms with van der Waals surface area (Å²) in [7, 11) is 1.70. The van der Waals surface area contributed by atoms with E-state index in [2.05, 4.69) is 17.0 Å². The van der Waals surface area contributed by atoms with Gasteiger partial charge in [-0.3, -0.25) is 9.69 Å². The van der Waals surface area contributed by atoms with Gasteiger partial charge < -0.3 is 14.7 Å². The molecule has 1 aromatic carbocycles. The monoisotopic (exact) mass is 332 g/mol. The van der Waals surface area contributed by atoms with Crippen molar-refractivity contribution in [2.75, 3.05) is 46.4 Å². The molecule has 1 amide bonds. The molecular weight excluding hydrogens is 304 g/mol. The predicted octanol–water partition coefficient (Wildman–Crippen LogP) is 1.64. The fourth-order valence-corrected chi connectivity index (χ4v) is 3.93. The summed E-state index contributed by atoms with van der Waals surface area (Å²) in [6.07, 6.45) is 3.92. The smallest absolute Gasteiger partial charge is 0.223 e. The van der Waals surface area contributed by atoms with E-state index in [0.29, 0.717) is 18.9 Å². The van der Waals surface area contributed by atoms with Crippen molar-refractivity contribution in [3.05, 3.63) is 29.3 Å². The number of piperazine rings is 1. The highest BCUT2D eigenvalue weighted by Crippen LogP contribution is 2.36. The van der Waals surface area contributed by atoms with Gasteiger partial charge in [0.05, 0.1) is 13.7 Å². The first-order chi connectivity index (χ1) is 11.7. The fraction of sp³-hybridized carbons (Fsp3) is 0.632. The molecule has 5 nitrogen and oxygen atoms in total. The lowest BCUT2D eigenvalue weighted by molar-refractivity contribution is -0.133. The van der Waals surface area contributed by atoms with Gasteiger partial charge in [0.15, 0.2) is 0 Å². The number of aliphatic hydroxyl groups is 1. The largest absolute Gasteiger partial charge is 0.497 e. The van der Waals surface area contributed by atoms with Crippen molar-refractivity contribution in [3.8, 4) is 5.75 Å². The van der Waals surface area contributed by atoms with Crippen molar-refractivity contribution < 1.29 is 14.6 Å². The zero-order chi connectivity index (χ0) is 16.9. The SMILES string of the molecule is COc1ccc2c(c1)CCC[C@@H]2CC(=O)N1CCN(CCO)CC1. The van der Waals surface area contributed by atoms with E-state index in [1.807, 2.05) is 11.0 Å². The second-order valence-corrected chi connectivity index (χ2v) is 6.80. The van der Waals surface area contributed by atoms with E-state index >= 15 is 0 Å². The average Bonchev–Trinajstić information content (AvgIpc) is 2.62. The number of aryl methyl sites for hydroxylation is 1. The van der Waals surface area contributed by atoms with Crippen LogP contribution in [0.5, 0.6) is 5.75 Å². The number of benzene rings is 1. The Morgan fingerprint density at radius 1 is 1.29 bits per heavy atom. The van der Waals surface area contributed by atoms with Crippen molar-refractivity contribution in [2.24, 2.45) is 0 Å². The van der Waals surface area contributed by atoms with Crippen molar-refractivity contribution >= 4 is 5.91 Å². The van der Waals surface area contributed by atoms with Gasteiger partial charge in [-0.15, -0.1) is 0 Å². The minimum atomic E-state index is 0.191. The number of ether oxygens (including phenoxy) is 1. The van der Waals surface area contributed by atoms with Gasteiger partial charge >= 0.3 is 0 Å². The van der Waals surface area contributed by atoms with E-state index in [4.69, 9.17) is 9.84 Å². The molecule has 1 aromatic rings. The molecule has 1 aliphatic carbocycles. The number of nitrogens with zero attached hydrogens (tertiary/aromatic N) is 2. The van der Waals surface area contributed by atoms with Crippen LogP contribution in [0.1, 0.15) is 36.3 Å². The molecule has 0 unspecified atom stereocenters. The Morgan fingerprint density at radius 3 is 2.79 bits per heavy atom. The van der Waals surface area contributed by atoms with E-state index in [9.17, 15) is 4.79 Å². The molecule has 0 saturated carbocycles. The first-order valence-electron chi connectivity index (χ1n) is 8.99. The van der Waals surface area contributed by atoms with Gasteiger partial charge in [0.1, 0.15) is 5.75 Å². The predicted molar refractivity (Wildman–Crippen MR) is 93.4 cm³/mol. The first kappa shape index (κ1) is 17.2. The van der Waals surface area contributed by atoms with Gasteiger partial charge in [-0.2, -0.15) is 0 Å². The molecule has 24 heavy (non-hydrogen) atoms. The molecule has 1 saturated heterocycles. The standard InChI is InChI=1S/C19H28N2O3/c1-24-17-5-6-18-15(13-17)3-2-4-16(18)14-19(23)21-9-7-20(8-10-21)11-12-22/h5-6,13,16,22H,2-4,7-12,14H2,1H3/t16-/m1/s1. The Kier molecular flexibility index (Phi) is 5.74. The topological polar surface area (TPSA) is 53.0 Å². The Labute approximate surface area is 144 Å². The zero-order valence-electron chi connectivity index (χ0n) is 14.5. The summed E-state index contributed by atoms with van der Waals surface area (Å²) in [5.41, 5.74) is 2.67. The average molecular weight is 332 g/mol. The summed E-state index contributed by atoms with van der Waals surface area (Å²) in [5, 5.41) is 9.01.